The van der Waals surface area contributed by atoms with Crippen LogP contribution in [0.1, 0.15) is 50.9 Å². The molecule has 2 aliphatic rings. The molecule has 1 aromatic carbocycles. The van der Waals surface area contributed by atoms with E-state index in [2.05, 4.69) is 14.9 Å². The molecule has 0 radical (unpaired) electrons. The number of ether oxygens (including phenoxy) is 1. The van der Waals surface area contributed by atoms with Crippen molar-refractivity contribution >= 4 is 17.8 Å². The number of hydrogen-bond acceptors (Lipinski definition) is 6. The molecular formula is C25H32FN5O4. The fourth-order valence-electron chi connectivity index (χ4n) is 5.25. The van der Waals surface area contributed by atoms with Crippen LogP contribution in [0.25, 0.3) is 0 Å². The first-order valence-electron chi connectivity index (χ1n) is 11.9. The van der Waals surface area contributed by atoms with Gasteiger partial charge in [-0.25, -0.2) is 19.2 Å². The first kappa shape index (κ1) is 24.7. The van der Waals surface area contributed by atoms with Crippen molar-refractivity contribution in [1.29, 1.82) is 0 Å². The van der Waals surface area contributed by atoms with E-state index in [4.69, 9.17) is 4.74 Å². The summed E-state index contributed by atoms with van der Waals surface area (Å²) in [5.74, 6) is 0.314. The van der Waals surface area contributed by atoms with E-state index in [1.807, 2.05) is 27.7 Å². The highest BCUT2D eigenvalue weighted by Crippen LogP contribution is 2.43. The second kappa shape index (κ2) is 9.67. The second-order valence-electron chi connectivity index (χ2n) is 9.98. The minimum Gasteiger partial charge on any atom is -0.465 e. The predicted molar refractivity (Wildman–Crippen MR) is 128 cm³/mol. The molecule has 1 unspecified atom stereocenters. The number of carbonyl (C=O) groups excluding carboxylic acids is 1. The van der Waals surface area contributed by atoms with Gasteiger partial charge in [0, 0.05) is 43.7 Å². The molecular weight excluding hydrogens is 453 g/mol. The van der Waals surface area contributed by atoms with Crippen LogP contribution in [0.2, 0.25) is 0 Å². The summed E-state index contributed by atoms with van der Waals surface area (Å²) < 4.78 is 20.4. The number of amides is 2. The van der Waals surface area contributed by atoms with E-state index in [1.165, 1.54) is 35.6 Å². The van der Waals surface area contributed by atoms with Crippen LogP contribution in [0.15, 0.2) is 30.7 Å². The van der Waals surface area contributed by atoms with Crippen molar-refractivity contribution in [2.75, 3.05) is 31.1 Å². The van der Waals surface area contributed by atoms with E-state index in [1.54, 1.807) is 4.90 Å². The van der Waals surface area contributed by atoms with Crippen LogP contribution in [-0.2, 0) is 0 Å². The molecule has 1 N–H and O–H groups in total. The van der Waals surface area contributed by atoms with Gasteiger partial charge >= 0.3 is 6.09 Å². The number of carbonyl (C=O) groups is 2. The maximum Gasteiger partial charge on any atom is 0.407 e. The van der Waals surface area contributed by atoms with Crippen LogP contribution in [0, 0.1) is 11.2 Å². The summed E-state index contributed by atoms with van der Waals surface area (Å²) in [5.41, 5.74) is 0.0140. The van der Waals surface area contributed by atoms with E-state index < -0.39 is 11.9 Å². The topological polar surface area (TPSA) is 99.1 Å². The zero-order valence-electron chi connectivity index (χ0n) is 20.6. The van der Waals surface area contributed by atoms with E-state index in [9.17, 15) is 19.1 Å². The number of benzene rings is 1. The molecule has 2 aromatic rings. The van der Waals surface area contributed by atoms with Gasteiger partial charge in [-0.1, -0.05) is 0 Å². The first-order chi connectivity index (χ1) is 16.6. The molecule has 35 heavy (non-hydrogen) atoms. The Labute approximate surface area is 204 Å². The lowest BCUT2D eigenvalue weighted by atomic mass is 9.86. The summed E-state index contributed by atoms with van der Waals surface area (Å²) in [6.45, 7) is 10.0. The average molecular weight is 486 g/mol. The molecule has 2 fully saturated rings. The van der Waals surface area contributed by atoms with Crippen LogP contribution in [0.3, 0.4) is 0 Å². The molecule has 188 valence electrons. The molecule has 10 heteroatoms. The lowest BCUT2D eigenvalue weighted by Gasteiger charge is -2.31. The number of carboxylic acid groups (broad SMARTS) is 1. The largest absolute Gasteiger partial charge is 0.465 e. The number of likely N-dealkylation sites (tertiary alicyclic amines) is 1. The number of nitrogens with zero attached hydrogens (tertiary/aromatic N) is 5. The number of hydrogen-bond donors (Lipinski definition) is 1. The molecule has 2 aliphatic heterocycles. The lowest BCUT2D eigenvalue weighted by molar-refractivity contribution is 0.0640. The average Bonchev–Trinajstić information content (AvgIpc) is 3.42. The molecule has 1 atom stereocenters. The zero-order chi connectivity index (χ0) is 25.3. The fraction of sp³-hybridized carbons (Fsp3) is 0.520. The summed E-state index contributed by atoms with van der Waals surface area (Å²) in [4.78, 5) is 38.5. The van der Waals surface area contributed by atoms with E-state index in [0.29, 0.717) is 37.7 Å². The Morgan fingerprint density at radius 1 is 1.11 bits per heavy atom. The Balaban J connectivity index is 1.61. The Kier molecular flexibility index (Phi) is 6.82. The molecule has 0 aliphatic carbocycles. The van der Waals surface area contributed by atoms with Gasteiger partial charge in [-0.3, -0.25) is 4.79 Å². The van der Waals surface area contributed by atoms with E-state index in [-0.39, 0.29) is 34.7 Å². The molecule has 0 saturated carbocycles. The van der Waals surface area contributed by atoms with Crippen LogP contribution in [0.4, 0.5) is 15.0 Å². The van der Waals surface area contributed by atoms with Crippen molar-refractivity contribution in [3.8, 4) is 11.5 Å². The quantitative estimate of drug-likeness (QED) is 0.653. The summed E-state index contributed by atoms with van der Waals surface area (Å²) in [6.07, 6.45) is 3.72. The highest BCUT2D eigenvalue weighted by Gasteiger charge is 2.45. The van der Waals surface area contributed by atoms with Gasteiger partial charge in [-0.15, -0.1) is 0 Å². The predicted octanol–water partition coefficient (Wildman–Crippen LogP) is 4.25. The van der Waals surface area contributed by atoms with Crippen molar-refractivity contribution in [3.05, 3.63) is 42.1 Å². The Hall–Kier alpha value is -3.43. The van der Waals surface area contributed by atoms with E-state index >= 15 is 0 Å². The molecule has 2 amide bonds. The smallest absolute Gasteiger partial charge is 0.407 e. The third-order valence-corrected chi connectivity index (χ3v) is 6.84. The lowest BCUT2D eigenvalue weighted by Crippen LogP contribution is -2.42. The summed E-state index contributed by atoms with van der Waals surface area (Å²) in [6, 6.07) is 3.75. The molecule has 4 rings (SSSR count). The van der Waals surface area contributed by atoms with Crippen molar-refractivity contribution < 1.29 is 23.8 Å². The monoisotopic (exact) mass is 485 g/mol. The number of halogens is 1. The van der Waals surface area contributed by atoms with Crippen LogP contribution < -0.4 is 9.64 Å². The highest BCUT2D eigenvalue weighted by molar-refractivity contribution is 5.97. The summed E-state index contributed by atoms with van der Waals surface area (Å²) in [5, 5.41) is 9.36. The van der Waals surface area contributed by atoms with E-state index in [0.717, 1.165) is 12.8 Å². The van der Waals surface area contributed by atoms with Gasteiger partial charge in [0.25, 0.3) is 5.91 Å². The highest BCUT2D eigenvalue weighted by atomic mass is 19.1. The molecule has 1 aromatic heterocycles. The summed E-state index contributed by atoms with van der Waals surface area (Å²) >= 11 is 0. The Morgan fingerprint density at radius 3 is 2.49 bits per heavy atom. The molecule has 9 nitrogen and oxygen atoms in total. The second-order valence-corrected chi connectivity index (χ2v) is 9.98. The first-order valence-corrected chi connectivity index (χ1v) is 11.9. The van der Waals surface area contributed by atoms with Crippen molar-refractivity contribution in [3.63, 3.8) is 0 Å². The van der Waals surface area contributed by atoms with Gasteiger partial charge in [0.15, 0.2) is 11.6 Å². The van der Waals surface area contributed by atoms with Crippen LogP contribution in [0.5, 0.6) is 11.5 Å². The third kappa shape index (κ3) is 5.01. The minimum absolute atomic E-state index is 0.0770. The maximum absolute atomic E-state index is 14.2. The van der Waals surface area contributed by atoms with Crippen LogP contribution in [-0.4, -0.2) is 75.1 Å². The van der Waals surface area contributed by atoms with Gasteiger partial charge in [-0.05, 0) is 58.7 Å². The fourth-order valence-corrected chi connectivity index (χ4v) is 5.25. The number of anilines is 1. The van der Waals surface area contributed by atoms with Crippen molar-refractivity contribution in [1.82, 2.24) is 19.8 Å². The van der Waals surface area contributed by atoms with Gasteiger partial charge in [0.1, 0.15) is 17.9 Å². The number of aromatic nitrogens is 2. The molecule has 1 spiro atoms. The minimum atomic E-state index is -0.892. The molecule has 0 bridgehead atoms. The normalized spacial score (nSPS) is 19.7. The van der Waals surface area contributed by atoms with Crippen molar-refractivity contribution in [2.24, 2.45) is 5.41 Å². The Bertz CT molecular complexity index is 1100. The molecule has 3 heterocycles. The van der Waals surface area contributed by atoms with Crippen molar-refractivity contribution in [2.45, 2.75) is 52.6 Å². The van der Waals surface area contributed by atoms with Crippen LogP contribution >= 0.6 is 0 Å². The maximum atomic E-state index is 14.2. The standard InChI is InChI=1S/C25H32FN5O4/c1-16(2)31(17(3)4)23(32)19-11-18(26)5-6-20(19)35-21-12-27-15-28-22(21)29-9-7-25(13-29)8-10-30(14-25)24(33)34/h5-6,11-12,15-17H,7-10,13-14H2,1-4H3,(H,33,34). The Morgan fingerprint density at radius 2 is 1.83 bits per heavy atom. The SMILES string of the molecule is CC(C)N(C(=O)c1cc(F)ccc1Oc1cncnc1N1CCC2(CCN(C(=O)O)C2)C1)C(C)C. The zero-order valence-corrected chi connectivity index (χ0v) is 20.6. The summed E-state index contributed by atoms with van der Waals surface area (Å²) in [7, 11) is 0. The number of rotatable bonds is 6. The van der Waals surface area contributed by atoms with Gasteiger partial charge in [0.05, 0.1) is 11.8 Å². The third-order valence-electron chi connectivity index (χ3n) is 6.84. The van der Waals surface area contributed by atoms with Gasteiger partial charge in [0.2, 0.25) is 0 Å². The molecule has 2 saturated heterocycles. The van der Waals surface area contributed by atoms with Gasteiger partial charge < -0.3 is 24.5 Å². The van der Waals surface area contributed by atoms with Gasteiger partial charge in [-0.2, -0.15) is 0 Å².